The number of carbonyl (C=O) groups excluding carboxylic acids is 1. The molecule has 0 saturated carbocycles. The molecule has 0 aliphatic heterocycles. The monoisotopic (exact) mass is 386 g/mol. The SMILES string of the molecule is O=C(OCc1ccc(-c2cccc(Cl)c2Cl)o1)c1cc2ccccc2o1. The van der Waals surface area contributed by atoms with Crippen LogP contribution in [0.4, 0.5) is 0 Å². The van der Waals surface area contributed by atoms with Crippen molar-refractivity contribution in [3.8, 4) is 11.3 Å². The van der Waals surface area contributed by atoms with Crippen LogP contribution < -0.4 is 0 Å². The molecule has 0 N–H and O–H groups in total. The van der Waals surface area contributed by atoms with Crippen LogP contribution in [0.2, 0.25) is 10.0 Å². The summed E-state index contributed by atoms with van der Waals surface area (Å²) in [5.41, 5.74) is 1.31. The topological polar surface area (TPSA) is 52.6 Å². The molecule has 0 radical (unpaired) electrons. The molecule has 0 saturated heterocycles. The van der Waals surface area contributed by atoms with Crippen LogP contribution in [0.1, 0.15) is 16.3 Å². The largest absolute Gasteiger partial charge is 0.457 e. The van der Waals surface area contributed by atoms with E-state index in [2.05, 4.69) is 0 Å². The smallest absolute Gasteiger partial charge is 0.374 e. The fourth-order valence-electron chi connectivity index (χ4n) is 2.58. The molecule has 0 amide bonds. The van der Waals surface area contributed by atoms with E-state index in [0.29, 0.717) is 32.7 Å². The average Bonchev–Trinajstić information content (AvgIpc) is 3.28. The zero-order valence-corrected chi connectivity index (χ0v) is 14.9. The maximum Gasteiger partial charge on any atom is 0.374 e. The molecule has 0 atom stereocenters. The zero-order chi connectivity index (χ0) is 18.1. The van der Waals surface area contributed by atoms with Crippen LogP contribution >= 0.6 is 23.2 Å². The van der Waals surface area contributed by atoms with Gasteiger partial charge in [-0.05, 0) is 36.4 Å². The minimum atomic E-state index is -0.556. The fraction of sp³-hybridized carbons (Fsp3) is 0.0500. The summed E-state index contributed by atoms with van der Waals surface area (Å²) >= 11 is 12.2. The second-order valence-corrected chi connectivity index (χ2v) is 6.38. The summed E-state index contributed by atoms with van der Waals surface area (Å²) in [6.45, 7) is -0.0198. The van der Waals surface area contributed by atoms with Gasteiger partial charge in [-0.3, -0.25) is 0 Å². The van der Waals surface area contributed by atoms with Crippen LogP contribution in [0.5, 0.6) is 0 Å². The van der Waals surface area contributed by atoms with Crippen molar-refractivity contribution in [2.45, 2.75) is 6.61 Å². The Morgan fingerprint density at radius 1 is 0.962 bits per heavy atom. The van der Waals surface area contributed by atoms with Crippen LogP contribution in [-0.4, -0.2) is 5.97 Å². The Morgan fingerprint density at radius 2 is 1.81 bits per heavy atom. The number of rotatable bonds is 4. The van der Waals surface area contributed by atoms with Crippen LogP contribution in [0, 0.1) is 0 Å². The lowest BCUT2D eigenvalue weighted by molar-refractivity contribution is 0.0412. The molecule has 26 heavy (non-hydrogen) atoms. The van der Waals surface area contributed by atoms with Crippen molar-refractivity contribution in [2.24, 2.45) is 0 Å². The predicted molar refractivity (Wildman–Crippen MR) is 99.5 cm³/mol. The highest BCUT2D eigenvalue weighted by Gasteiger charge is 2.16. The molecule has 130 valence electrons. The molecule has 0 fully saturated rings. The fourth-order valence-corrected chi connectivity index (χ4v) is 2.98. The van der Waals surface area contributed by atoms with Gasteiger partial charge in [0.1, 0.15) is 23.7 Å². The minimum absolute atomic E-state index is 0.0198. The van der Waals surface area contributed by atoms with E-state index in [1.807, 2.05) is 18.2 Å². The van der Waals surface area contributed by atoms with Gasteiger partial charge in [0, 0.05) is 10.9 Å². The van der Waals surface area contributed by atoms with E-state index in [1.165, 1.54) is 0 Å². The Balaban J connectivity index is 1.47. The molecule has 2 aromatic carbocycles. The van der Waals surface area contributed by atoms with Crippen molar-refractivity contribution < 1.29 is 18.4 Å². The van der Waals surface area contributed by atoms with Crippen molar-refractivity contribution >= 4 is 40.1 Å². The van der Waals surface area contributed by atoms with Gasteiger partial charge in [0.25, 0.3) is 0 Å². The molecular weight excluding hydrogens is 375 g/mol. The number of carbonyl (C=O) groups is 1. The standard InChI is InChI=1S/C20H12Cl2O4/c21-15-6-3-5-14(19(15)22)17-9-8-13(25-17)11-24-20(23)18-10-12-4-1-2-7-16(12)26-18/h1-10H,11H2. The number of furan rings is 2. The third-order valence-electron chi connectivity index (χ3n) is 3.85. The maximum absolute atomic E-state index is 12.2. The normalized spacial score (nSPS) is 11.0. The molecule has 0 spiro atoms. The van der Waals surface area contributed by atoms with Gasteiger partial charge in [-0.2, -0.15) is 0 Å². The van der Waals surface area contributed by atoms with E-state index >= 15 is 0 Å². The summed E-state index contributed by atoms with van der Waals surface area (Å²) in [6.07, 6.45) is 0. The van der Waals surface area contributed by atoms with Gasteiger partial charge in [-0.1, -0.05) is 47.5 Å². The van der Waals surface area contributed by atoms with E-state index in [0.717, 1.165) is 5.39 Å². The van der Waals surface area contributed by atoms with E-state index in [9.17, 15) is 4.79 Å². The lowest BCUT2D eigenvalue weighted by Gasteiger charge is -2.03. The molecule has 2 heterocycles. The summed E-state index contributed by atoms with van der Waals surface area (Å²) in [7, 11) is 0. The summed E-state index contributed by atoms with van der Waals surface area (Å²) in [5, 5.41) is 1.70. The van der Waals surface area contributed by atoms with E-state index < -0.39 is 5.97 Å². The Hall–Kier alpha value is -2.69. The number of ether oxygens (including phenoxy) is 1. The van der Waals surface area contributed by atoms with Crippen LogP contribution in [-0.2, 0) is 11.3 Å². The molecule has 4 nitrogen and oxygen atoms in total. The maximum atomic E-state index is 12.2. The number of esters is 1. The minimum Gasteiger partial charge on any atom is -0.457 e. The summed E-state index contributed by atoms with van der Waals surface area (Å²) < 4.78 is 16.4. The number of hydrogen-bond acceptors (Lipinski definition) is 4. The zero-order valence-electron chi connectivity index (χ0n) is 13.4. The predicted octanol–water partition coefficient (Wildman–Crippen LogP) is 6.36. The number of hydrogen-bond donors (Lipinski definition) is 0. The second-order valence-electron chi connectivity index (χ2n) is 5.59. The third-order valence-corrected chi connectivity index (χ3v) is 4.67. The van der Waals surface area contributed by atoms with Crippen LogP contribution in [0.15, 0.2) is 69.5 Å². The van der Waals surface area contributed by atoms with Gasteiger partial charge in [0.05, 0.1) is 10.0 Å². The molecule has 0 aliphatic carbocycles. The number of fused-ring (bicyclic) bond motifs is 1. The van der Waals surface area contributed by atoms with E-state index in [4.69, 9.17) is 36.8 Å². The molecule has 6 heteroatoms. The second kappa shape index (κ2) is 6.90. The molecule has 0 unspecified atom stereocenters. The van der Waals surface area contributed by atoms with Gasteiger partial charge >= 0.3 is 5.97 Å². The highest BCUT2D eigenvalue weighted by molar-refractivity contribution is 6.43. The first-order valence-electron chi connectivity index (χ1n) is 7.80. The molecular formula is C20H12Cl2O4. The first-order chi connectivity index (χ1) is 12.6. The first kappa shape index (κ1) is 16.8. The van der Waals surface area contributed by atoms with E-state index in [1.54, 1.807) is 42.5 Å². The molecule has 4 aromatic rings. The van der Waals surface area contributed by atoms with Crippen molar-refractivity contribution in [1.82, 2.24) is 0 Å². The Kier molecular flexibility index (Phi) is 4.45. The van der Waals surface area contributed by atoms with Gasteiger partial charge < -0.3 is 13.6 Å². The molecule has 2 aromatic heterocycles. The Morgan fingerprint density at radius 3 is 2.65 bits per heavy atom. The lowest BCUT2D eigenvalue weighted by Crippen LogP contribution is -2.03. The van der Waals surface area contributed by atoms with Gasteiger partial charge in [0.2, 0.25) is 5.76 Å². The van der Waals surface area contributed by atoms with Gasteiger partial charge in [-0.25, -0.2) is 4.79 Å². The average molecular weight is 387 g/mol. The Bertz CT molecular complexity index is 1060. The van der Waals surface area contributed by atoms with Crippen molar-refractivity contribution in [1.29, 1.82) is 0 Å². The lowest BCUT2D eigenvalue weighted by atomic mass is 10.2. The summed E-state index contributed by atoms with van der Waals surface area (Å²) in [6, 6.07) is 17.8. The van der Waals surface area contributed by atoms with Crippen LogP contribution in [0.25, 0.3) is 22.3 Å². The van der Waals surface area contributed by atoms with Crippen molar-refractivity contribution in [2.75, 3.05) is 0 Å². The highest BCUT2D eigenvalue weighted by atomic mass is 35.5. The van der Waals surface area contributed by atoms with E-state index in [-0.39, 0.29) is 12.4 Å². The van der Waals surface area contributed by atoms with Crippen LogP contribution in [0.3, 0.4) is 0 Å². The van der Waals surface area contributed by atoms with Gasteiger partial charge in [-0.15, -0.1) is 0 Å². The van der Waals surface area contributed by atoms with Crippen molar-refractivity contribution in [3.05, 3.63) is 82.2 Å². The number of halogens is 2. The summed E-state index contributed by atoms with van der Waals surface area (Å²) in [5.74, 6) is 0.628. The van der Waals surface area contributed by atoms with Crippen molar-refractivity contribution in [3.63, 3.8) is 0 Å². The number of benzene rings is 2. The molecule has 0 aliphatic rings. The molecule has 4 rings (SSSR count). The highest BCUT2D eigenvalue weighted by Crippen LogP contribution is 2.34. The Labute approximate surface area is 158 Å². The first-order valence-corrected chi connectivity index (χ1v) is 8.56. The van der Waals surface area contributed by atoms with Gasteiger partial charge in [0.15, 0.2) is 0 Å². The molecule has 0 bridgehead atoms. The quantitative estimate of drug-likeness (QED) is 0.383. The summed E-state index contributed by atoms with van der Waals surface area (Å²) in [4.78, 5) is 12.2. The third kappa shape index (κ3) is 3.21. The number of para-hydroxylation sites is 1.